The van der Waals surface area contributed by atoms with Crippen LogP contribution in [0.1, 0.15) is 18.1 Å². The maximum absolute atomic E-state index is 12.2. The number of aromatic nitrogens is 2. The summed E-state index contributed by atoms with van der Waals surface area (Å²) in [4.78, 5) is 34.5. The zero-order valence-electron chi connectivity index (χ0n) is 11.7. The zero-order chi connectivity index (χ0) is 16.3. The van der Waals surface area contributed by atoms with Crippen molar-refractivity contribution in [1.29, 1.82) is 5.26 Å². The lowest BCUT2D eigenvalue weighted by Gasteiger charge is -2.09. The normalized spacial score (nSPS) is 10.2. The number of nitrogens with zero attached hydrogens (tertiary/aromatic N) is 4. The Hall–Kier alpha value is -3.21. The van der Waals surface area contributed by atoms with Gasteiger partial charge in [-0.05, 0) is 12.5 Å². The molecule has 0 unspecified atom stereocenters. The highest BCUT2D eigenvalue weighted by Crippen LogP contribution is 2.13. The van der Waals surface area contributed by atoms with Gasteiger partial charge in [-0.1, -0.05) is 12.1 Å². The second kappa shape index (κ2) is 6.05. The van der Waals surface area contributed by atoms with Crippen molar-refractivity contribution in [2.45, 2.75) is 20.0 Å². The Balaban J connectivity index is 2.57. The first-order chi connectivity index (χ1) is 10.5. The van der Waals surface area contributed by atoms with Gasteiger partial charge in [0.05, 0.1) is 11.5 Å². The van der Waals surface area contributed by atoms with Crippen LogP contribution in [0.4, 0.5) is 5.69 Å². The molecule has 0 radical (unpaired) electrons. The summed E-state index contributed by atoms with van der Waals surface area (Å²) >= 11 is 0. The summed E-state index contributed by atoms with van der Waals surface area (Å²) in [7, 11) is 0. The maximum Gasteiger partial charge on any atom is 0.331 e. The quantitative estimate of drug-likeness (QED) is 0.614. The molecule has 112 valence electrons. The van der Waals surface area contributed by atoms with Crippen molar-refractivity contribution in [2.24, 2.45) is 0 Å². The van der Waals surface area contributed by atoms with Gasteiger partial charge in [-0.15, -0.1) is 0 Å². The van der Waals surface area contributed by atoms with Crippen LogP contribution in [0.2, 0.25) is 0 Å². The van der Waals surface area contributed by atoms with Crippen LogP contribution >= 0.6 is 0 Å². The molecule has 22 heavy (non-hydrogen) atoms. The third-order valence-corrected chi connectivity index (χ3v) is 3.16. The van der Waals surface area contributed by atoms with E-state index < -0.39 is 16.2 Å². The molecule has 0 amide bonds. The molecule has 0 spiro atoms. The lowest BCUT2D eigenvalue weighted by Crippen LogP contribution is -2.40. The molecular formula is C14H12N4O4. The fourth-order valence-corrected chi connectivity index (χ4v) is 2.05. The molecule has 1 heterocycles. The molecule has 2 aromatic rings. The summed E-state index contributed by atoms with van der Waals surface area (Å²) in [6.07, 6.45) is 1.22. The highest BCUT2D eigenvalue weighted by atomic mass is 16.6. The third-order valence-electron chi connectivity index (χ3n) is 3.16. The highest BCUT2D eigenvalue weighted by molar-refractivity contribution is 5.34. The van der Waals surface area contributed by atoms with Crippen molar-refractivity contribution in [3.8, 4) is 6.07 Å². The summed E-state index contributed by atoms with van der Waals surface area (Å²) < 4.78 is 2.15. The second-order valence-corrected chi connectivity index (χ2v) is 4.54. The van der Waals surface area contributed by atoms with Gasteiger partial charge in [-0.3, -0.25) is 24.0 Å². The van der Waals surface area contributed by atoms with E-state index >= 15 is 0 Å². The maximum atomic E-state index is 12.2. The number of hydrogen-bond donors (Lipinski definition) is 0. The number of nitriles is 1. The van der Waals surface area contributed by atoms with Gasteiger partial charge in [0, 0.05) is 24.9 Å². The molecule has 0 N–H and O–H groups in total. The molecule has 0 aliphatic heterocycles. The minimum absolute atomic E-state index is 0.127. The molecule has 0 atom stereocenters. The van der Waals surface area contributed by atoms with Crippen LogP contribution in [0.5, 0.6) is 0 Å². The largest absolute Gasteiger partial charge is 0.331 e. The van der Waals surface area contributed by atoms with Crippen molar-refractivity contribution in [2.75, 3.05) is 0 Å². The van der Waals surface area contributed by atoms with Crippen molar-refractivity contribution in [1.82, 2.24) is 9.13 Å². The average Bonchev–Trinajstić information content (AvgIpc) is 2.52. The molecule has 0 saturated heterocycles. The second-order valence-electron chi connectivity index (χ2n) is 4.54. The van der Waals surface area contributed by atoms with Gasteiger partial charge in [0.25, 0.3) is 11.2 Å². The summed E-state index contributed by atoms with van der Waals surface area (Å²) in [5, 5.41) is 19.7. The zero-order valence-corrected chi connectivity index (χ0v) is 11.7. The number of nitro benzene ring substituents is 1. The number of benzene rings is 1. The Morgan fingerprint density at radius 2 is 2.09 bits per heavy atom. The predicted molar refractivity (Wildman–Crippen MR) is 77.5 cm³/mol. The van der Waals surface area contributed by atoms with Gasteiger partial charge in [-0.2, -0.15) is 5.26 Å². The van der Waals surface area contributed by atoms with E-state index in [1.54, 1.807) is 19.1 Å². The molecule has 1 aromatic carbocycles. The van der Waals surface area contributed by atoms with E-state index in [9.17, 15) is 19.7 Å². The van der Waals surface area contributed by atoms with Crippen LogP contribution < -0.4 is 11.2 Å². The van der Waals surface area contributed by atoms with Crippen molar-refractivity contribution >= 4 is 5.69 Å². The number of nitro groups is 1. The average molecular weight is 300 g/mol. The van der Waals surface area contributed by atoms with E-state index in [0.29, 0.717) is 12.1 Å². The minimum atomic E-state index is -0.705. The number of hydrogen-bond acceptors (Lipinski definition) is 5. The Bertz CT molecular complexity index is 889. The monoisotopic (exact) mass is 300 g/mol. The van der Waals surface area contributed by atoms with Crippen molar-refractivity contribution in [3.63, 3.8) is 0 Å². The number of non-ortho nitro benzene ring substituents is 1. The first-order valence-corrected chi connectivity index (χ1v) is 6.45. The molecule has 0 fully saturated rings. The molecule has 0 aliphatic carbocycles. The molecule has 0 bridgehead atoms. The molecular weight excluding hydrogens is 288 g/mol. The fourth-order valence-electron chi connectivity index (χ4n) is 2.05. The van der Waals surface area contributed by atoms with Crippen molar-refractivity contribution < 1.29 is 4.92 Å². The van der Waals surface area contributed by atoms with Gasteiger partial charge in [0.2, 0.25) is 0 Å². The smallest absolute Gasteiger partial charge is 0.299 e. The van der Waals surface area contributed by atoms with E-state index in [1.165, 1.54) is 29.0 Å². The van der Waals surface area contributed by atoms with Crippen LogP contribution in [-0.4, -0.2) is 14.1 Å². The van der Waals surface area contributed by atoms with E-state index in [2.05, 4.69) is 0 Å². The Labute approximate surface area is 124 Å². The van der Waals surface area contributed by atoms with Gasteiger partial charge < -0.3 is 0 Å². The van der Waals surface area contributed by atoms with E-state index in [0.717, 1.165) is 4.57 Å². The lowest BCUT2D eigenvalue weighted by molar-refractivity contribution is -0.384. The minimum Gasteiger partial charge on any atom is -0.299 e. The van der Waals surface area contributed by atoms with E-state index in [-0.39, 0.29) is 17.8 Å². The summed E-state index contributed by atoms with van der Waals surface area (Å²) in [5.41, 5.74) is -1.10. The SMILES string of the molecule is CCn1cc(C#N)c(=O)n(Cc2cccc([N+](=O)[O-])c2)c1=O. The Morgan fingerprint density at radius 3 is 2.68 bits per heavy atom. The summed E-state index contributed by atoms with van der Waals surface area (Å²) in [5.74, 6) is 0. The number of rotatable bonds is 4. The standard InChI is InChI=1S/C14H12N4O4/c1-2-16-9-11(7-15)13(19)17(14(16)20)8-10-4-3-5-12(6-10)18(21)22/h3-6,9H,2,8H2,1H3. The van der Waals surface area contributed by atoms with Crippen molar-refractivity contribution in [3.05, 3.63) is 72.5 Å². The van der Waals surface area contributed by atoms with E-state index in [4.69, 9.17) is 5.26 Å². The predicted octanol–water partition coefficient (Wildman–Crippen LogP) is 0.858. The molecule has 0 saturated carbocycles. The van der Waals surface area contributed by atoms with Crippen LogP contribution in [0.15, 0.2) is 40.1 Å². The number of aryl methyl sites for hydroxylation is 1. The molecule has 8 heteroatoms. The topological polar surface area (TPSA) is 111 Å². The molecule has 8 nitrogen and oxygen atoms in total. The van der Waals surface area contributed by atoms with Gasteiger partial charge in [0.15, 0.2) is 0 Å². The highest BCUT2D eigenvalue weighted by Gasteiger charge is 2.12. The summed E-state index contributed by atoms with van der Waals surface area (Å²) in [6, 6.07) is 7.42. The van der Waals surface area contributed by atoms with Crippen LogP contribution in [0, 0.1) is 21.4 Å². The third kappa shape index (κ3) is 2.78. The fraction of sp³-hybridized carbons (Fsp3) is 0.214. The Kier molecular flexibility index (Phi) is 4.18. The lowest BCUT2D eigenvalue weighted by atomic mass is 10.2. The molecule has 2 rings (SSSR count). The molecule has 0 aliphatic rings. The van der Waals surface area contributed by atoms with Gasteiger partial charge in [0.1, 0.15) is 11.6 Å². The first-order valence-electron chi connectivity index (χ1n) is 6.45. The van der Waals surface area contributed by atoms with Gasteiger partial charge >= 0.3 is 5.69 Å². The van der Waals surface area contributed by atoms with E-state index in [1.807, 2.05) is 0 Å². The summed E-state index contributed by atoms with van der Waals surface area (Å²) in [6.45, 7) is 1.89. The van der Waals surface area contributed by atoms with Crippen LogP contribution in [0.3, 0.4) is 0 Å². The van der Waals surface area contributed by atoms with Crippen LogP contribution in [0.25, 0.3) is 0 Å². The molecule has 1 aromatic heterocycles. The van der Waals surface area contributed by atoms with Crippen LogP contribution in [-0.2, 0) is 13.1 Å². The first kappa shape index (κ1) is 15.2. The Morgan fingerprint density at radius 1 is 1.36 bits per heavy atom. The van der Waals surface area contributed by atoms with Gasteiger partial charge in [-0.25, -0.2) is 4.79 Å².